The van der Waals surface area contributed by atoms with E-state index in [-0.39, 0.29) is 18.6 Å². The van der Waals surface area contributed by atoms with Crippen molar-refractivity contribution in [2.24, 2.45) is 0 Å². The van der Waals surface area contributed by atoms with Gasteiger partial charge in [0.05, 0.1) is 12.6 Å². The van der Waals surface area contributed by atoms with Gasteiger partial charge in [0.25, 0.3) is 0 Å². The van der Waals surface area contributed by atoms with Crippen molar-refractivity contribution >= 4 is 46.2 Å². The molecule has 0 aliphatic carbocycles. The first-order valence-corrected chi connectivity index (χ1v) is 13.0. The number of carbonyl (C=O) groups excluding carboxylic acids is 1. The minimum Gasteiger partial charge on any atom is -0.390 e. The number of aliphatic hydroxyl groups is 1. The molecule has 6 rings (SSSR count). The van der Waals surface area contributed by atoms with Crippen molar-refractivity contribution in [2.75, 3.05) is 29.9 Å². The number of carbonyl (C=O) groups is 1. The number of aromatic amines is 1. The summed E-state index contributed by atoms with van der Waals surface area (Å²) in [6.07, 6.45) is 1.53. The molecule has 5 aromatic rings. The van der Waals surface area contributed by atoms with Gasteiger partial charge in [0, 0.05) is 47.3 Å². The van der Waals surface area contributed by atoms with Crippen molar-refractivity contribution in [3.8, 4) is 0 Å². The number of hydrogen-bond donors (Lipinski definition) is 3. The Kier molecular flexibility index (Phi) is 6.54. The third kappa shape index (κ3) is 5.12. The SMILES string of the molecule is Cc1cc(Nc2nc(Sc3ccc(N(C(=O)CN4CC(O)C4)c4ccccc4)cc3)nn3cccc23)n[nH]1. The molecule has 38 heavy (non-hydrogen) atoms. The van der Waals surface area contributed by atoms with E-state index in [1.165, 1.54) is 11.8 Å². The van der Waals surface area contributed by atoms with Gasteiger partial charge in [-0.2, -0.15) is 5.10 Å². The highest BCUT2D eigenvalue weighted by Crippen LogP contribution is 2.32. The van der Waals surface area contributed by atoms with Gasteiger partial charge in [-0.05, 0) is 67.2 Å². The van der Waals surface area contributed by atoms with E-state index in [1.54, 1.807) is 9.42 Å². The largest absolute Gasteiger partial charge is 0.390 e. The molecule has 4 heterocycles. The average Bonchev–Trinajstić information content (AvgIpc) is 3.54. The van der Waals surface area contributed by atoms with Crippen molar-refractivity contribution in [3.05, 3.63) is 84.7 Å². The second-order valence-electron chi connectivity index (χ2n) is 9.15. The molecule has 1 fully saturated rings. The van der Waals surface area contributed by atoms with Crippen molar-refractivity contribution in [1.29, 1.82) is 0 Å². The summed E-state index contributed by atoms with van der Waals surface area (Å²) in [5.41, 5.74) is 3.36. The maximum atomic E-state index is 13.3. The van der Waals surface area contributed by atoms with Gasteiger partial charge in [0.2, 0.25) is 11.1 Å². The number of likely N-dealkylation sites (tertiary alicyclic amines) is 1. The molecule has 0 atom stereocenters. The highest BCUT2D eigenvalue weighted by molar-refractivity contribution is 7.99. The van der Waals surface area contributed by atoms with Crippen LogP contribution in [0.2, 0.25) is 0 Å². The first-order valence-electron chi connectivity index (χ1n) is 12.2. The van der Waals surface area contributed by atoms with Crippen LogP contribution in [-0.2, 0) is 4.79 Å². The molecule has 3 N–H and O–H groups in total. The van der Waals surface area contributed by atoms with Crippen molar-refractivity contribution < 1.29 is 9.90 Å². The number of aromatic nitrogens is 5. The lowest BCUT2D eigenvalue weighted by Gasteiger charge is -2.36. The third-order valence-electron chi connectivity index (χ3n) is 6.19. The van der Waals surface area contributed by atoms with Crippen molar-refractivity contribution in [3.63, 3.8) is 0 Å². The first-order chi connectivity index (χ1) is 18.5. The van der Waals surface area contributed by atoms with E-state index >= 15 is 0 Å². The predicted molar refractivity (Wildman–Crippen MR) is 146 cm³/mol. The number of rotatable bonds is 8. The fourth-order valence-electron chi connectivity index (χ4n) is 4.37. The van der Waals surface area contributed by atoms with Crippen molar-refractivity contribution in [1.82, 2.24) is 29.7 Å². The van der Waals surface area contributed by atoms with Crippen LogP contribution in [0.15, 0.2) is 89.0 Å². The number of fused-ring (bicyclic) bond motifs is 1. The summed E-state index contributed by atoms with van der Waals surface area (Å²) in [6.45, 7) is 3.23. The van der Waals surface area contributed by atoms with E-state index in [9.17, 15) is 9.90 Å². The minimum atomic E-state index is -0.351. The Hall–Kier alpha value is -4.19. The summed E-state index contributed by atoms with van der Waals surface area (Å²) < 4.78 is 1.79. The molecule has 1 aliphatic heterocycles. The maximum Gasteiger partial charge on any atom is 0.245 e. The van der Waals surface area contributed by atoms with Crippen molar-refractivity contribution in [2.45, 2.75) is 23.1 Å². The van der Waals surface area contributed by atoms with E-state index in [4.69, 9.17) is 4.98 Å². The van der Waals surface area contributed by atoms with Crippen LogP contribution >= 0.6 is 11.8 Å². The molecule has 0 unspecified atom stereocenters. The topological polar surface area (TPSA) is 115 Å². The molecule has 0 bridgehead atoms. The van der Waals surface area contributed by atoms with Gasteiger partial charge in [-0.3, -0.25) is 19.7 Å². The Morgan fingerprint density at radius 2 is 1.87 bits per heavy atom. The van der Waals surface area contributed by atoms with Crippen LogP contribution < -0.4 is 10.2 Å². The van der Waals surface area contributed by atoms with E-state index in [0.29, 0.717) is 29.9 Å². The minimum absolute atomic E-state index is 0.0470. The molecular weight excluding hydrogens is 500 g/mol. The molecule has 1 saturated heterocycles. The van der Waals surface area contributed by atoms with E-state index < -0.39 is 0 Å². The second-order valence-corrected chi connectivity index (χ2v) is 10.2. The number of nitrogens with zero attached hydrogens (tertiary/aromatic N) is 6. The van der Waals surface area contributed by atoms with Gasteiger partial charge in [-0.25, -0.2) is 9.50 Å². The van der Waals surface area contributed by atoms with Crippen LogP contribution in [0.25, 0.3) is 5.52 Å². The fraction of sp³-hybridized carbons (Fsp3) is 0.185. The summed E-state index contributed by atoms with van der Waals surface area (Å²) in [5.74, 6) is 1.30. The molecule has 0 spiro atoms. The Morgan fingerprint density at radius 3 is 2.58 bits per heavy atom. The lowest BCUT2D eigenvalue weighted by atomic mass is 10.1. The molecule has 1 aliphatic rings. The van der Waals surface area contributed by atoms with E-state index in [1.807, 2.05) is 90.8 Å². The summed E-state index contributed by atoms with van der Waals surface area (Å²) in [5, 5.41) is 25.3. The number of hydrogen-bond acceptors (Lipinski definition) is 8. The number of aliphatic hydroxyl groups excluding tert-OH is 1. The molecule has 10 nitrogen and oxygen atoms in total. The summed E-state index contributed by atoms with van der Waals surface area (Å²) in [4.78, 5) is 22.6. The van der Waals surface area contributed by atoms with Crippen LogP contribution in [0.4, 0.5) is 23.0 Å². The highest BCUT2D eigenvalue weighted by Gasteiger charge is 2.29. The van der Waals surface area contributed by atoms with Gasteiger partial charge < -0.3 is 10.4 Å². The zero-order valence-electron chi connectivity index (χ0n) is 20.7. The number of nitrogens with one attached hydrogen (secondary N) is 2. The van der Waals surface area contributed by atoms with Gasteiger partial charge in [-0.15, -0.1) is 5.10 Å². The van der Waals surface area contributed by atoms with Gasteiger partial charge in [0.15, 0.2) is 11.6 Å². The predicted octanol–water partition coefficient (Wildman–Crippen LogP) is 4.00. The van der Waals surface area contributed by atoms with Gasteiger partial charge in [-0.1, -0.05) is 18.2 Å². The molecule has 0 radical (unpaired) electrons. The number of aryl methyl sites for hydroxylation is 1. The van der Waals surface area contributed by atoms with Crippen LogP contribution in [0, 0.1) is 6.92 Å². The molecule has 3 aromatic heterocycles. The molecule has 192 valence electrons. The van der Waals surface area contributed by atoms with Crippen LogP contribution in [0.5, 0.6) is 0 Å². The Bertz CT molecular complexity index is 1560. The van der Waals surface area contributed by atoms with Gasteiger partial charge in [0.1, 0.15) is 5.52 Å². The van der Waals surface area contributed by atoms with E-state index in [0.717, 1.165) is 27.5 Å². The molecule has 2 aromatic carbocycles. The quantitative estimate of drug-likeness (QED) is 0.278. The number of benzene rings is 2. The average molecular weight is 527 g/mol. The third-order valence-corrected chi connectivity index (χ3v) is 7.05. The number of anilines is 4. The summed E-state index contributed by atoms with van der Waals surface area (Å²) in [6, 6.07) is 23.2. The normalized spacial score (nSPS) is 13.9. The highest BCUT2D eigenvalue weighted by atomic mass is 32.2. The lowest BCUT2D eigenvalue weighted by molar-refractivity contribution is -0.121. The number of amides is 1. The number of β-amino-alcohol motifs (C(OH)–C–C–N with tert-alkyl or cyclic N) is 1. The zero-order chi connectivity index (χ0) is 26.1. The summed E-state index contributed by atoms with van der Waals surface area (Å²) in [7, 11) is 0. The number of para-hydroxylation sites is 1. The van der Waals surface area contributed by atoms with Crippen LogP contribution in [0.3, 0.4) is 0 Å². The maximum absolute atomic E-state index is 13.3. The summed E-state index contributed by atoms with van der Waals surface area (Å²) >= 11 is 1.43. The Labute approximate surface area is 223 Å². The molecule has 11 heteroatoms. The Morgan fingerprint density at radius 1 is 1.11 bits per heavy atom. The Balaban J connectivity index is 1.24. The zero-order valence-corrected chi connectivity index (χ0v) is 21.5. The molecule has 1 amide bonds. The van der Waals surface area contributed by atoms with Gasteiger partial charge >= 0.3 is 0 Å². The lowest BCUT2D eigenvalue weighted by Crippen LogP contribution is -2.54. The first kappa shape index (κ1) is 24.2. The van der Waals surface area contributed by atoms with E-state index in [2.05, 4.69) is 20.6 Å². The fourth-order valence-corrected chi connectivity index (χ4v) is 5.12. The monoisotopic (exact) mass is 526 g/mol. The van der Waals surface area contributed by atoms with Crippen LogP contribution in [0.1, 0.15) is 5.69 Å². The molecular formula is C27H26N8O2S. The number of H-pyrrole nitrogens is 1. The molecule has 0 saturated carbocycles. The second kappa shape index (κ2) is 10.3. The standard InChI is InChI=1S/C27H26N8O2S/c1-18-14-24(31-30-18)28-26-23-8-5-13-34(23)32-27(29-26)38-22-11-9-20(10-12-22)35(19-6-3-2-4-7-19)25(37)17-33-15-21(36)16-33/h2-14,21,36H,15-17H2,1H3,(H2,28,29,30,31,32). The smallest absolute Gasteiger partial charge is 0.245 e. The van der Waals surface area contributed by atoms with Crippen LogP contribution in [-0.4, -0.2) is 66.4 Å².